The average Bonchev–Trinajstić information content (AvgIpc) is 2.83. The zero-order valence-corrected chi connectivity index (χ0v) is 11.3. The molecular formula is C15H10N4O3. The lowest BCUT2D eigenvalue weighted by Crippen LogP contribution is -2.13. The van der Waals surface area contributed by atoms with Crippen LogP contribution >= 0.6 is 0 Å². The van der Waals surface area contributed by atoms with Crippen molar-refractivity contribution in [2.45, 2.75) is 0 Å². The summed E-state index contributed by atoms with van der Waals surface area (Å²) in [6.45, 7) is 0. The summed E-state index contributed by atoms with van der Waals surface area (Å²) >= 11 is 0. The summed E-state index contributed by atoms with van der Waals surface area (Å²) in [5.74, 6) is -0.430. The van der Waals surface area contributed by atoms with Crippen LogP contribution in [0.3, 0.4) is 0 Å². The molecule has 0 aliphatic carbocycles. The Kier molecular flexibility index (Phi) is 3.45. The number of nitrogens with zero attached hydrogens (tertiary/aromatic N) is 3. The van der Waals surface area contributed by atoms with Crippen molar-refractivity contribution in [1.29, 1.82) is 0 Å². The molecule has 0 saturated carbocycles. The third kappa shape index (κ3) is 2.59. The smallest absolute Gasteiger partial charge is 0.276 e. The topological polar surface area (TPSA) is 97.0 Å². The molecule has 1 aliphatic rings. The van der Waals surface area contributed by atoms with Crippen molar-refractivity contribution in [3.63, 3.8) is 0 Å². The minimum absolute atomic E-state index is 0.0610. The molecule has 1 amide bonds. The summed E-state index contributed by atoms with van der Waals surface area (Å²) < 4.78 is 0. The van der Waals surface area contributed by atoms with E-state index in [1.165, 1.54) is 24.4 Å². The molecule has 0 aromatic heterocycles. The molecule has 0 radical (unpaired) electrons. The van der Waals surface area contributed by atoms with Gasteiger partial charge in [0.1, 0.15) is 0 Å². The number of nitro groups is 1. The van der Waals surface area contributed by atoms with Crippen LogP contribution in [0, 0.1) is 10.1 Å². The van der Waals surface area contributed by atoms with Gasteiger partial charge in [0.15, 0.2) is 5.71 Å². The molecule has 0 spiro atoms. The van der Waals surface area contributed by atoms with Crippen molar-refractivity contribution in [3.05, 3.63) is 69.8 Å². The number of nitro benzene ring substituents is 1. The van der Waals surface area contributed by atoms with Crippen molar-refractivity contribution in [3.8, 4) is 0 Å². The Morgan fingerprint density at radius 3 is 2.64 bits per heavy atom. The number of rotatable bonds is 3. The Bertz CT molecular complexity index is 813. The third-order valence-corrected chi connectivity index (χ3v) is 3.10. The van der Waals surface area contributed by atoms with E-state index in [4.69, 9.17) is 0 Å². The Labute approximate surface area is 125 Å². The zero-order valence-electron chi connectivity index (χ0n) is 11.3. The van der Waals surface area contributed by atoms with Gasteiger partial charge >= 0.3 is 0 Å². The first-order valence-electron chi connectivity index (χ1n) is 6.41. The Morgan fingerprint density at radius 2 is 1.91 bits per heavy atom. The molecule has 1 aliphatic heterocycles. The number of amides is 1. The van der Waals surface area contributed by atoms with Gasteiger partial charge in [-0.05, 0) is 11.6 Å². The van der Waals surface area contributed by atoms with Crippen LogP contribution in [0.4, 0.5) is 11.4 Å². The third-order valence-electron chi connectivity index (χ3n) is 3.10. The molecule has 0 saturated heterocycles. The molecule has 0 atom stereocenters. The molecule has 3 rings (SSSR count). The largest absolute Gasteiger partial charge is 0.320 e. The van der Waals surface area contributed by atoms with E-state index in [1.807, 2.05) is 30.3 Å². The van der Waals surface area contributed by atoms with E-state index in [2.05, 4.69) is 15.5 Å². The van der Waals surface area contributed by atoms with Gasteiger partial charge in [0.05, 0.1) is 16.8 Å². The highest BCUT2D eigenvalue weighted by Crippen LogP contribution is 2.27. The molecule has 2 aromatic rings. The number of anilines is 1. The van der Waals surface area contributed by atoms with Crippen LogP contribution in [0.15, 0.2) is 58.7 Å². The molecule has 2 aromatic carbocycles. The van der Waals surface area contributed by atoms with Crippen LogP contribution in [-0.2, 0) is 4.79 Å². The van der Waals surface area contributed by atoms with Crippen LogP contribution in [0.2, 0.25) is 0 Å². The first-order chi connectivity index (χ1) is 10.6. The molecule has 1 N–H and O–H groups in total. The number of carbonyl (C=O) groups is 1. The number of fused-ring (bicyclic) bond motifs is 1. The molecule has 0 bridgehead atoms. The minimum Gasteiger partial charge on any atom is -0.320 e. The summed E-state index contributed by atoms with van der Waals surface area (Å²) in [5.41, 5.74) is 1.67. The fourth-order valence-corrected chi connectivity index (χ4v) is 2.05. The van der Waals surface area contributed by atoms with Gasteiger partial charge in [-0.2, -0.15) is 5.10 Å². The number of hydrogen-bond acceptors (Lipinski definition) is 5. The van der Waals surface area contributed by atoms with E-state index in [1.54, 1.807) is 0 Å². The van der Waals surface area contributed by atoms with E-state index in [0.717, 1.165) is 5.56 Å². The number of nitrogens with one attached hydrogen (secondary N) is 1. The highest BCUT2D eigenvalue weighted by molar-refractivity contribution is 6.53. The van der Waals surface area contributed by atoms with Crippen LogP contribution in [0.5, 0.6) is 0 Å². The summed E-state index contributed by atoms with van der Waals surface area (Å²) in [6.07, 6.45) is 1.51. The van der Waals surface area contributed by atoms with E-state index in [-0.39, 0.29) is 11.4 Å². The second-order valence-corrected chi connectivity index (χ2v) is 4.54. The van der Waals surface area contributed by atoms with Crippen LogP contribution in [-0.4, -0.2) is 22.8 Å². The van der Waals surface area contributed by atoms with Crippen molar-refractivity contribution in [1.82, 2.24) is 0 Å². The summed E-state index contributed by atoms with van der Waals surface area (Å²) in [7, 11) is 0. The van der Waals surface area contributed by atoms with E-state index in [9.17, 15) is 14.9 Å². The number of non-ortho nitro benzene ring substituents is 1. The van der Waals surface area contributed by atoms with E-state index >= 15 is 0 Å². The maximum absolute atomic E-state index is 11.9. The van der Waals surface area contributed by atoms with Crippen LogP contribution in [0.25, 0.3) is 0 Å². The minimum atomic E-state index is -0.520. The van der Waals surface area contributed by atoms with Gasteiger partial charge in [0.2, 0.25) is 0 Å². The Morgan fingerprint density at radius 1 is 1.14 bits per heavy atom. The maximum atomic E-state index is 11.9. The first kappa shape index (κ1) is 13.6. The van der Waals surface area contributed by atoms with Crippen molar-refractivity contribution in [2.75, 3.05) is 5.32 Å². The summed E-state index contributed by atoms with van der Waals surface area (Å²) in [6, 6.07) is 13.4. The number of hydrogen-bond donors (Lipinski definition) is 1. The van der Waals surface area contributed by atoms with Gasteiger partial charge in [0, 0.05) is 17.7 Å². The van der Waals surface area contributed by atoms with Crippen molar-refractivity contribution >= 4 is 29.2 Å². The molecule has 22 heavy (non-hydrogen) atoms. The number of carbonyl (C=O) groups excluding carboxylic acids is 1. The molecule has 7 heteroatoms. The van der Waals surface area contributed by atoms with E-state index < -0.39 is 10.8 Å². The van der Waals surface area contributed by atoms with E-state index in [0.29, 0.717) is 11.3 Å². The highest BCUT2D eigenvalue weighted by atomic mass is 16.6. The molecular weight excluding hydrogens is 284 g/mol. The highest BCUT2D eigenvalue weighted by Gasteiger charge is 2.28. The maximum Gasteiger partial charge on any atom is 0.276 e. The lowest BCUT2D eigenvalue weighted by atomic mass is 10.1. The first-order valence-corrected chi connectivity index (χ1v) is 6.41. The molecule has 1 heterocycles. The van der Waals surface area contributed by atoms with Crippen molar-refractivity contribution < 1.29 is 9.72 Å². The van der Waals surface area contributed by atoms with Crippen LogP contribution < -0.4 is 5.32 Å². The summed E-state index contributed by atoms with van der Waals surface area (Å²) in [4.78, 5) is 22.2. The fourth-order valence-electron chi connectivity index (χ4n) is 2.05. The molecule has 0 unspecified atom stereocenters. The molecule has 108 valence electrons. The van der Waals surface area contributed by atoms with Gasteiger partial charge in [-0.3, -0.25) is 14.9 Å². The number of benzene rings is 2. The van der Waals surface area contributed by atoms with Gasteiger partial charge in [-0.25, -0.2) is 0 Å². The normalized spacial score (nSPS) is 15.1. The van der Waals surface area contributed by atoms with Gasteiger partial charge in [-0.1, -0.05) is 30.3 Å². The predicted molar refractivity (Wildman–Crippen MR) is 82.3 cm³/mol. The second-order valence-electron chi connectivity index (χ2n) is 4.54. The fraction of sp³-hybridized carbons (Fsp3) is 0. The quantitative estimate of drug-likeness (QED) is 0.534. The van der Waals surface area contributed by atoms with Crippen molar-refractivity contribution in [2.24, 2.45) is 10.2 Å². The summed E-state index contributed by atoms with van der Waals surface area (Å²) in [5, 5.41) is 21.2. The molecule has 0 fully saturated rings. The van der Waals surface area contributed by atoms with Gasteiger partial charge < -0.3 is 5.32 Å². The zero-order chi connectivity index (χ0) is 15.5. The average molecular weight is 294 g/mol. The lowest BCUT2D eigenvalue weighted by Gasteiger charge is -1.96. The Hall–Kier alpha value is -3.35. The van der Waals surface area contributed by atoms with Crippen LogP contribution in [0.1, 0.15) is 11.1 Å². The SMILES string of the molecule is O=C1Nc2ccc([N+](=O)[O-])cc2/C1=N/N=C/c1ccccc1. The van der Waals surface area contributed by atoms with Gasteiger partial charge in [-0.15, -0.1) is 5.10 Å². The molecule has 7 nitrogen and oxygen atoms in total. The lowest BCUT2D eigenvalue weighted by molar-refractivity contribution is -0.384. The standard InChI is InChI=1S/C15H10N4O3/c20-15-14(18-16-9-10-4-2-1-3-5-10)12-8-11(19(21)22)6-7-13(12)17-15/h1-9H,(H,17,18,20)/b16-9+. The Balaban J connectivity index is 1.94. The second kappa shape index (κ2) is 5.57. The monoisotopic (exact) mass is 294 g/mol. The predicted octanol–water partition coefficient (Wildman–Crippen LogP) is 2.37. The van der Waals surface area contributed by atoms with Gasteiger partial charge in [0.25, 0.3) is 11.6 Å².